The maximum atomic E-state index is 12.4. The number of rotatable bonds is 9. The molecule has 1 unspecified atom stereocenters. The molecule has 0 aliphatic heterocycles. The number of ether oxygens (including phenoxy) is 2. The predicted molar refractivity (Wildman–Crippen MR) is 110 cm³/mol. The van der Waals surface area contributed by atoms with Gasteiger partial charge in [-0.05, 0) is 13.0 Å². The number of fused-ring (bicyclic) bond motifs is 1. The van der Waals surface area contributed by atoms with Gasteiger partial charge < -0.3 is 34.4 Å². The summed E-state index contributed by atoms with van der Waals surface area (Å²) in [6, 6.07) is 1.83. The maximum absolute atomic E-state index is 12.4. The molecule has 0 spiro atoms. The lowest BCUT2D eigenvalue weighted by Crippen LogP contribution is -2.52. The molecule has 0 aliphatic carbocycles. The largest absolute Gasteiger partial charge is 0.484 e. The van der Waals surface area contributed by atoms with Crippen molar-refractivity contribution in [3.8, 4) is 5.75 Å². The number of nitrogens with two attached hydrogens (primary N) is 1. The van der Waals surface area contributed by atoms with Crippen molar-refractivity contribution in [3.63, 3.8) is 0 Å². The Morgan fingerprint density at radius 3 is 2.71 bits per heavy atom. The summed E-state index contributed by atoms with van der Waals surface area (Å²) in [6.07, 6.45) is 3.41. The molecule has 168 valence electrons. The molecule has 0 aliphatic rings. The number of aliphatic hydroxyl groups is 2. The van der Waals surface area contributed by atoms with E-state index in [0.29, 0.717) is 5.82 Å². The second kappa shape index (κ2) is 9.10. The van der Waals surface area contributed by atoms with E-state index in [9.17, 15) is 19.8 Å². The molecule has 0 bridgehead atoms. The van der Waals surface area contributed by atoms with Gasteiger partial charge in [0.2, 0.25) is 0 Å². The van der Waals surface area contributed by atoms with Crippen molar-refractivity contribution in [2.24, 2.45) is 12.8 Å². The van der Waals surface area contributed by atoms with E-state index in [0.717, 1.165) is 4.57 Å². The van der Waals surface area contributed by atoms with Gasteiger partial charge in [-0.3, -0.25) is 4.57 Å². The van der Waals surface area contributed by atoms with Crippen LogP contribution in [0.4, 0.5) is 0 Å². The van der Waals surface area contributed by atoms with E-state index in [-0.39, 0.29) is 28.5 Å². The van der Waals surface area contributed by atoms with E-state index in [4.69, 9.17) is 31.2 Å². The first kappa shape index (κ1) is 22.8. The number of oxazole rings is 1. The summed E-state index contributed by atoms with van der Waals surface area (Å²) < 4.78 is 18.9. The standard InChI is InChI=1S/C19H23ClN4O7/c1-11(17(27)30-10-19(21,8-25)9-26)24-13-5-12(20)14(6-15(13)31-18(24)28)29-7-16-22-3-4-23(16)2/h3-6,11,25-26H,7-10,21H2,1-2H3. The van der Waals surface area contributed by atoms with E-state index in [1.54, 1.807) is 17.0 Å². The van der Waals surface area contributed by atoms with Gasteiger partial charge in [-0.1, -0.05) is 11.6 Å². The molecule has 0 radical (unpaired) electrons. The zero-order chi connectivity index (χ0) is 22.8. The highest BCUT2D eigenvalue weighted by atomic mass is 35.5. The molecule has 1 atom stereocenters. The topological polar surface area (TPSA) is 155 Å². The molecule has 2 aromatic heterocycles. The highest BCUT2D eigenvalue weighted by Gasteiger charge is 2.29. The maximum Gasteiger partial charge on any atom is 0.420 e. The van der Waals surface area contributed by atoms with Crippen LogP contribution in [0.3, 0.4) is 0 Å². The number of imidazole rings is 1. The van der Waals surface area contributed by atoms with Crippen LogP contribution in [-0.4, -0.2) is 55.7 Å². The van der Waals surface area contributed by atoms with Crippen molar-refractivity contribution in [1.29, 1.82) is 0 Å². The van der Waals surface area contributed by atoms with Crippen molar-refractivity contribution in [2.75, 3.05) is 19.8 Å². The molecule has 12 heteroatoms. The molecule has 0 saturated carbocycles. The van der Waals surface area contributed by atoms with Crippen LogP contribution >= 0.6 is 11.6 Å². The molecule has 0 saturated heterocycles. The summed E-state index contributed by atoms with van der Waals surface area (Å²) in [5.41, 5.74) is 4.65. The summed E-state index contributed by atoms with van der Waals surface area (Å²) in [5.74, 6) is -0.631. The SMILES string of the molecule is CC(C(=O)OCC(N)(CO)CO)n1c(=O)oc2cc(OCc3nccn3C)c(Cl)cc21. The minimum absolute atomic E-state index is 0.152. The van der Waals surface area contributed by atoms with E-state index < -0.39 is 43.1 Å². The Hall–Kier alpha value is -2.86. The van der Waals surface area contributed by atoms with Crippen LogP contribution in [0, 0.1) is 0 Å². The fraction of sp³-hybridized carbons (Fsp3) is 0.421. The monoisotopic (exact) mass is 454 g/mol. The summed E-state index contributed by atoms with van der Waals surface area (Å²) in [7, 11) is 1.83. The van der Waals surface area contributed by atoms with Crippen molar-refractivity contribution in [2.45, 2.75) is 25.1 Å². The lowest BCUT2D eigenvalue weighted by molar-refractivity contribution is -0.150. The third-order valence-corrected chi connectivity index (χ3v) is 5.10. The van der Waals surface area contributed by atoms with E-state index >= 15 is 0 Å². The van der Waals surface area contributed by atoms with Gasteiger partial charge in [-0.25, -0.2) is 14.6 Å². The van der Waals surface area contributed by atoms with Gasteiger partial charge in [0.05, 0.1) is 29.3 Å². The minimum Gasteiger partial charge on any atom is -0.484 e. The Morgan fingerprint density at radius 1 is 1.39 bits per heavy atom. The molecule has 3 aromatic rings. The first-order chi connectivity index (χ1) is 14.7. The quantitative estimate of drug-likeness (QED) is 0.388. The number of aryl methyl sites for hydroxylation is 1. The van der Waals surface area contributed by atoms with Crippen LogP contribution in [0.25, 0.3) is 11.1 Å². The van der Waals surface area contributed by atoms with Crippen LogP contribution in [0.15, 0.2) is 33.7 Å². The lowest BCUT2D eigenvalue weighted by atomic mass is 10.1. The van der Waals surface area contributed by atoms with E-state index in [1.807, 2.05) is 7.05 Å². The summed E-state index contributed by atoms with van der Waals surface area (Å²) in [6.45, 7) is -0.0143. The number of esters is 1. The van der Waals surface area contributed by atoms with Crippen molar-refractivity contribution in [1.82, 2.24) is 14.1 Å². The third-order valence-electron chi connectivity index (χ3n) is 4.80. The fourth-order valence-electron chi connectivity index (χ4n) is 2.77. The van der Waals surface area contributed by atoms with Crippen LogP contribution in [-0.2, 0) is 23.2 Å². The molecule has 31 heavy (non-hydrogen) atoms. The van der Waals surface area contributed by atoms with E-state index in [2.05, 4.69) is 4.98 Å². The van der Waals surface area contributed by atoms with Gasteiger partial charge in [0.1, 0.15) is 30.8 Å². The van der Waals surface area contributed by atoms with Gasteiger partial charge >= 0.3 is 11.7 Å². The van der Waals surface area contributed by atoms with Crippen LogP contribution in [0.1, 0.15) is 18.8 Å². The summed E-state index contributed by atoms with van der Waals surface area (Å²) >= 11 is 6.31. The molecule has 0 amide bonds. The molecule has 0 fully saturated rings. The second-order valence-electron chi connectivity index (χ2n) is 7.19. The van der Waals surface area contributed by atoms with Crippen LogP contribution < -0.4 is 16.2 Å². The fourth-order valence-corrected chi connectivity index (χ4v) is 2.99. The van der Waals surface area contributed by atoms with Crippen molar-refractivity contribution in [3.05, 3.63) is 45.9 Å². The van der Waals surface area contributed by atoms with E-state index in [1.165, 1.54) is 19.1 Å². The molecular weight excluding hydrogens is 432 g/mol. The number of carbonyl (C=O) groups is 1. The Kier molecular flexibility index (Phi) is 6.70. The van der Waals surface area contributed by atoms with Crippen molar-refractivity contribution >= 4 is 28.7 Å². The predicted octanol–water partition coefficient (Wildman–Crippen LogP) is 0.347. The van der Waals surface area contributed by atoms with Gasteiger partial charge in [-0.15, -0.1) is 0 Å². The van der Waals surface area contributed by atoms with Crippen LogP contribution in [0.2, 0.25) is 5.02 Å². The number of hydrogen-bond donors (Lipinski definition) is 3. The Balaban J connectivity index is 1.82. The number of benzene rings is 1. The minimum atomic E-state index is -1.48. The lowest BCUT2D eigenvalue weighted by Gasteiger charge is -2.24. The normalized spacial score (nSPS) is 12.8. The highest BCUT2D eigenvalue weighted by molar-refractivity contribution is 6.32. The highest BCUT2D eigenvalue weighted by Crippen LogP contribution is 2.31. The number of aliphatic hydroxyl groups excluding tert-OH is 2. The smallest absolute Gasteiger partial charge is 0.420 e. The Bertz CT molecular complexity index is 1130. The zero-order valence-electron chi connectivity index (χ0n) is 16.9. The first-order valence-electron chi connectivity index (χ1n) is 9.30. The number of halogens is 1. The summed E-state index contributed by atoms with van der Waals surface area (Å²) in [4.78, 5) is 29.0. The van der Waals surface area contributed by atoms with Crippen molar-refractivity contribution < 1.29 is 28.9 Å². The molecule has 1 aromatic carbocycles. The zero-order valence-corrected chi connectivity index (χ0v) is 17.7. The van der Waals surface area contributed by atoms with Gasteiger partial charge in [-0.2, -0.15) is 0 Å². The molecule has 2 heterocycles. The third kappa shape index (κ3) is 4.74. The second-order valence-corrected chi connectivity index (χ2v) is 7.60. The molecular formula is C19H23ClN4O7. The van der Waals surface area contributed by atoms with Gasteiger partial charge in [0.15, 0.2) is 5.58 Å². The Morgan fingerprint density at radius 2 is 2.10 bits per heavy atom. The number of nitrogens with zero attached hydrogens (tertiary/aromatic N) is 3. The van der Waals surface area contributed by atoms with Gasteiger partial charge in [0, 0.05) is 25.5 Å². The molecule has 4 N–H and O–H groups in total. The average Bonchev–Trinajstić information content (AvgIpc) is 3.30. The van der Waals surface area contributed by atoms with Gasteiger partial charge in [0.25, 0.3) is 0 Å². The number of hydrogen-bond acceptors (Lipinski definition) is 9. The molecule has 11 nitrogen and oxygen atoms in total. The number of carbonyl (C=O) groups excluding carboxylic acids is 1. The summed E-state index contributed by atoms with van der Waals surface area (Å²) in [5, 5.41) is 18.6. The first-order valence-corrected chi connectivity index (χ1v) is 9.67. The Labute approximate surface area is 181 Å². The number of aromatic nitrogens is 3. The average molecular weight is 455 g/mol. The molecule has 3 rings (SSSR count). The van der Waals surface area contributed by atoms with Crippen LogP contribution in [0.5, 0.6) is 5.75 Å².